The van der Waals surface area contributed by atoms with E-state index in [2.05, 4.69) is 11.5 Å². The van der Waals surface area contributed by atoms with E-state index in [1.165, 1.54) is 0 Å². The van der Waals surface area contributed by atoms with Gasteiger partial charge in [0.25, 0.3) is 0 Å². The Balaban J connectivity index is 2.08. The number of hydrogen-bond acceptors (Lipinski definition) is 5. The molecule has 5 heteroatoms. The first-order valence-electron chi connectivity index (χ1n) is 6.99. The van der Waals surface area contributed by atoms with Gasteiger partial charge in [0, 0.05) is 17.4 Å². The number of carbonyl (C=O) groups excluding carboxylic acids is 1. The third-order valence-corrected chi connectivity index (χ3v) is 5.22. The van der Waals surface area contributed by atoms with E-state index in [-0.39, 0.29) is 23.9 Å². The van der Waals surface area contributed by atoms with Crippen LogP contribution in [0.1, 0.15) is 33.1 Å². The molecule has 110 valence electrons. The summed E-state index contributed by atoms with van der Waals surface area (Å²) in [5, 5.41) is 19.7. The van der Waals surface area contributed by atoms with Gasteiger partial charge < -0.3 is 9.84 Å². The van der Waals surface area contributed by atoms with E-state index in [4.69, 9.17) is 9.99 Å². The summed E-state index contributed by atoms with van der Waals surface area (Å²) in [5.41, 5.74) is 1.36. The average molecular weight is 280 g/mol. The van der Waals surface area contributed by atoms with Crippen LogP contribution in [0.2, 0.25) is 0 Å². The molecule has 2 N–H and O–H groups in total. The van der Waals surface area contributed by atoms with Gasteiger partial charge in [-0.3, -0.25) is 5.26 Å². The molecule has 0 radical (unpaired) electrons. The Kier molecular flexibility index (Phi) is 3.04. The molecule has 2 aliphatic carbocycles. The van der Waals surface area contributed by atoms with Gasteiger partial charge >= 0.3 is 5.97 Å². The molecule has 5 atom stereocenters. The van der Waals surface area contributed by atoms with Crippen LogP contribution in [0, 0.1) is 11.8 Å². The van der Waals surface area contributed by atoms with E-state index in [1.54, 1.807) is 6.92 Å². The molecule has 0 spiro atoms. The Labute approximate surface area is 117 Å². The highest BCUT2D eigenvalue weighted by Gasteiger charge is 2.53. The summed E-state index contributed by atoms with van der Waals surface area (Å²) in [6.45, 7) is 7.49. The molecule has 1 saturated heterocycles. The quantitative estimate of drug-likeness (QED) is 0.252. The van der Waals surface area contributed by atoms with Crippen LogP contribution >= 0.6 is 0 Å². The lowest BCUT2D eigenvalue weighted by atomic mass is 9.82. The zero-order valence-electron chi connectivity index (χ0n) is 11.8. The molecule has 0 aromatic heterocycles. The molecule has 2 fully saturated rings. The van der Waals surface area contributed by atoms with E-state index >= 15 is 0 Å². The average Bonchev–Trinajstić information content (AvgIpc) is 2.83. The zero-order valence-corrected chi connectivity index (χ0v) is 11.8. The molecule has 0 aromatic rings. The normalized spacial score (nSPS) is 44.2. The van der Waals surface area contributed by atoms with Gasteiger partial charge in [0.15, 0.2) is 0 Å². The van der Waals surface area contributed by atoms with Gasteiger partial charge in [0.1, 0.15) is 12.2 Å². The van der Waals surface area contributed by atoms with Crippen LogP contribution in [0.15, 0.2) is 23.3 Å². The van der Waals surface area contributed by atoms with Crippen molar-refractivity contribution < 1.29 is 24.8 Å². The minimum Gasteiger partial charge on any atom is -0.454 e. The van der Waals surface area contributed by atoms with E-state index in [1.807, 2.05) is 6.92 Å². The van der Waals surface area contributed by atoms with Crippen molar-refractivity contribution in [2.75, 3.05) is 0 Å². The molecule has 1 saturated carbocycles. The van der Waals surface area contributed by atoms with E-state index in [9.17, 15) is 9.90 Å². The van der Waals surface area contributed by atoms with Crippen molar-refractivity contribution in [3.05, 3.63) is 23.3 Å². The molecule has 3 aliphatic rings. The highest BCUT2D eigenvalue weighted by Crippen LogP contribution is 2.51. The SMILES string of the molecule is C=C1C(=O)O[C@@H]2C3=C(C)[C@H](OO)C[C@H]3[C@](C)(O)CC[C@H]12. The minimum atomic E-state index is -0.888. The number of carbonyl (C=O) groups is 1. The van der Waals surface area contributed by atoms with Crippen LogP contribution in [0.5, 0.6) is 0 Å². The second-order valence-electron chi connectivity index (χ2n) is 6.37. The monoisotopic (exact) mass is 280 g/mol. The second kappa shape index (κ2) is 4.41. The number of esters is 1. The smallest absolute Gasteiger partial charge is 0.334 e. The van der Waals surface area contributed by atoms with Crippen LogP contribution in [-0.4, -0.2) is 34.1 Å². The van der Waals surface area contributed by atoms with Gasteiger partial charge in [-0.25, -0.2) is 9.68 Å². The van der Waals surface area contributed by atoms with Crippen LogP contribution in [0.4, 0.5) is 0 Å². The largest absolute Gasteiger partial charge is 0.454 e. The maximum Gasteiger partial charge on any atom is 0.334 e. The molecule has 20 heavy (non-hydrogen) atoms. The Hall–Kier alpha value is -1.17. The van der Waals surface area contributed by atoms with Crippen molar-refractivity contribution in [1.82, 2.24) is 0 Å². The van der Waals surface area contributed by atoms with Crippen LogP contribution in [0.25, 0.3) is 0 Å². The zero-order chi connectivity index (χ0) is 14.7. The van der Waals surface area contributed by atoms with Crippen molar-refractivity contribution in [1.29, 1.82) is 0 Å². The van der Waals surface area contributed by atoms with E-state index in [0.29, 0.717) is 24.8 Å². The summed E-state index contributed by atoms with van der Waals surface area (Å²) in [5.74, 6) is -0.594. The number of ether oxygens (including phenoxy) is 1. The van der Waals surface area contributed by atoms with Crippen molar-refractivity contribution in [3.63, 3.8) is 0 Å². The molecule has 3 rings (SSSR count). The topological polar surface area (TPSA) is 76.0 Å². The van der Waals surface area contributed by atoms with Gasteiger partial charge in [-0.1, -0.05) is 6.58 Å². The molecule has 0 bridgehead atoms. The molecule has 0 amide bonds. The Morgan fingerprint density at radius 1 is 1.50 bits per heavy atom. The lowest BCUT2D eigenvalue weighted by molar-refractivity contribution is -0.270. The number of aliphatic hydroxyl groups is 1. The third kappa shape index (κ3) is 1.77. The van der Waals surface area contributed by atoms with E-state index in [0.717, 1.165) is 11.1 Å². The highest BCUT2D eigenvalue weighted by atomic mass is 17.1. The highest BCUT2D eigenvalue weighted by molar-refractivity contribution is 5.91. The lowest BCUT2D eigenvalue weighted by Crippen LogP contribution is -2.35. The minimum absolute atomic E-state index is 0.0821. The number of fused-ring (bicyclic) bond motifs is 3. The lowest BCUT2D eigenvalue weighted by Gasteiger charge is -2.31. The maximum atomic E-state index is 11.8. The molecular weight excluding hydrogens is 260 g/mol. The van der Waals surface area contributed by atoms with Gasteiger partial charge in [-0.15, -0.1) is 0 Å². The van der Waals surface area contributed by atoms with Gasteiger partial charge in [0.05, 0.1) is 5.60 Å². The summed E-state index contributed by atoms with van der Waals surface area (Å²) in [7, 11) is 0. The van der Waals surface area contributed by atoms with E-state index < -0.39 is 11.7 Å². The molecule has 5 nitrogen and oxygen atoms in total. The summed E-state index contributed by atoms with van der Waals surface area (Å²) < 4.78 is 5.48. The standard InChI is InChI=1S/C15H20O5/c1-7-9-4-5-15(3,17)10-6-11(20-18)8(2)12(10)13(9)19-14(7)16/h9-11,13,17-18H,1,4-6H2,2-3H3/t9-,10-,11-,13+,15-/m1/s1. The number of hydrogen-bond donors (Lipinski definition) is 2. The first kappa shape index (κ1) is 13.8. The fraction of sp³-hybridized carbons (Fsp3) is 0.667. The summed E-state index contributed by atoms with van der Waals surface area (Å²) in [4.78, 5) is 16.3. The first-order chi connectivity index (χ1) is 9.36. The van der Waals surface area contributed by atoms with Crippen molar-refractivity contribution in [2.45, 2.75) is 50.9 Å². The van der Waals surface area contributed by atoms with Crippen LogP contribution in [0.3, 0.4) is 0 Å². The third-order valence-electron chi connectivity index (χ3n) is 5.22. The van der Waals surface area contributed by atoms with Crippen LogP contribution in [-0.2, 0) is 14.4 Å². The maximum absolute atomic E-state index is 11.8. The van der Waals surface area contributed by atoms with Gasteiger partial charge in [0.2, 0.25) is 0 Å². The summed E-state index contributed by atoms with van der Waals surface area (Å²) in [6, 6.07) is 0. The first-order valence-corrected chi connectivity index (χ1v) is 6.99. The van der Waals surface area contributed by atoms with Gasteiger partial charge in [-0.2, -0.15) is 0 Å². The Morgan fingerprint density at radius 2 is 2.20 bits per heavy atom. The Bertz CT molecular complexity index is 504. The predicted molar refractivity (Wildman–Crippen MR) is 70.7 cm³/mol. The molecule has 0 unspecified atom stereocenters. The Morgan fingerprint density at radius 3 is 2.85 bits per heavy atom. The fourth-order valence-corrected chi connectivity index (χ4v) is 3.95. The molecule has 1 heterocycles. The molecular formula is C15H20O5. The van der Waals surface area contributed by atoms with Crippen molar-refractivity contribution in [3.8, 4) is 0 Å². The summed E-state index contributed by atoms with van der Waals surface area (Å²) >= 11 is 0. The predicted octanol–water partition coefficient (Wildman–Crippen LogP) is 1.82. The van der Waals surface area contributed by atoms with Crippen molar-refractivity contribution >= 4 is 5.97 Å². The summed E-state index contributed by atoms with van der Waals surface area (Å²) in [6.07, 6.45) is 0.962. The van der Waals surface area contributed by atoms with Gasteiger partial charge in [-0.05, 0) is 44.3 Å². The fourth-order valence-electron chi connectivity index (χ4n) is 3.95. The molecule has 0 aromatic carbocycles. The van der Waals surface area contributed by atoms with Crippen LogP contribution < -0.4 is 0 Å². The second-order valence-corrected chi connectivity index (χ2v) is 6.37. The molecule has 1 aliphatic heterocycles. The van der Waals surface area contributed by atoms with Crippen molar-refractivity contribution in [2.24, 2.45) is 11.8 Å². The number of rotatable bonds is 1.